The Kier molecular flexibility index (Phi) is 17.5. The molecule has 9 rings (SSSR count). The van der Waals surface area contributed by atoms with E-state index in [9.17, 15) is 0 Å². The van der Waals surface area contributed by atoms with Crippen LogP contribution in [0.4, 0.5) is 0 Å². The van der Waals surface area contributed by atoms with Gasteiger partial charge in [0.05, 0.1) is 13.2 Å². The molecule has 2 unspecified atom stereocenters. The van der Waals surface area contributed by atoms with Crippen LogP contribution in [0.1, 0.15) is 149 Å². The van der Waals surface area contributed by atoms with Crippen molar-refractivity contribution in [2.75, 3.05) is 13.2 Å². The zero-order valence-electron chi connectivity index (χ0n) is 44.8. The van der Waals surface area contributed by atoms with E-state index in [1.54, 1.807) is 0 Å². The van der Waals surface area contributed by atoms with Gasteiger partial charge in [0.25, 0.3) is 0 Å². The monoisotopic (exact) mass is 977 g/mol. The van der Waals surface area contributed by atoms with E-state index in [1.165, 1.54) is 93.4 Å². The summed E-state index contributed by atoms with van der Waals surface area (Å²) in [6, 6.07) is 48.5. The van der Waals surface area contributed by atoms with E-state index in [2.05, 4.69) is 234 Å². The number of para-hydroxylation sites is 2. The number of aryl methyl sites for hydroxylation is 2. The molecule has 0 amide bonds. The minimum Gasteiger partial charge on any atom is -0.493 e. The maximum Gasteiger partial charge on any atom is 0.119 e. The van der Waals surface area contributed by atoms with Crippen molar-refractivity contribution in [3.63, 3.8) is 0 Å². The highest BCUT2D eigenvalue weighted by Gasteiger charge is 2.13. The summed E-state index contributed by atoms with van der Waals surface area (Å²) in [5, 5.41) is 4.99. The van der Waals surface area contributed by atoms with Gasteiger partial charge in [-0.15, -0.1) is 0 Å². The maximum atomic E-state index is 6.32. The standard InChI is InChI=1S/C70H76N2O2/c1-7-13-19-49(9-3)47-73-61-37-27-51(28-38-61)25-31-55-41-58(34-36-60-44-66-64-22-16-18-24-68(64)72-70(66)46-54(60)12-6)56(32-26-52-29-39-62(40-30-52)74-48-50(10-4)20-14-8-2)42-57(55)33-35-59-43-65-63-21-15-17-23-67(63)71-69(65)45-53(59)11-5/h15-18,21-46,49-50,71-72H,7-14,19-20,47-48H2,1-6H3/b31-25+,32-26+,35-33+,36-34+. The number of benzene rings is 7. The Bertz CT molecular complexity index is 3180. The molecule has 0 saturated carbocycles. The molecule has 4 nitrogen and oxygen atoms in total. The summed E-state index contributed by atoms with van der Waals surface area (Å²) in [4.78, 5) is 7.33. The van der Waals surface area contributed by atoms with Crippen LogP contribution in [0.25, 0.3) is 92.2 Å². The normalized spacial score (nSPS) is 13.1. The van der Waals surface area contributed by atoms with Crippen LogP contribution in [0.2, 0.25) is 0 Å². The molecule has 2 heterocycles. The van der Waals surface area contributed by atoms with Gasteiger partial charge in [-0.05, 0) is 166 Å². The smallest absolute Gasteiger partial charge is 0.119 e. The summed E-state index contributed by atoms with van der Waals surface area (Å²) >= 11 is 0. The summed E-state index contributed by atoms with van der Waals surface area (Å²) in [6.07, 6.45) is 29.8. The van der Waals surface area contributed by atoms with Gasteiger partial charge >= 0.3 is 0 Å². The predicted octanol–water partition coefficient (Wildman–Crippen LogP) is 20.0. The van der Waals surface area contributed by atoms with Gasteiger partial charge in [0, 0.05) is 43.6 Å². The molecule has 7 aromatic carbocycles. The number of hydrogen-bond donors (Lipinski definition) is 2. The quantitative estimate of drug-likeness (QED) is 0.0593. The topological polar surface area (TPSA) is 50.0 Å². The Morgan fingerprint density at radius 2 is 0.757 bits per heavy atom. The molecule has 74 heavy (non-hydrogen) atoms. The fourth-order valence-corrected chi connectivity index (χ4v) is 10.4. The number of aromatic amines is 2. The minimum atomic E-state index is 0.587. The largest absolute Gasteiger partial charge is 0.493 e. The number of rotatable bonds is 24. The SMILES string of the molecule is CCCCC(CC)COc1ccc(/C=C/c2cc(/C=C/c3cc4c(cc3CC)[nH]c3ccccc34)c(/C=C/c3ccc(OCC(CC)CCCC)cc3)cc2/C=C/c2cc3c(cc2CC)[nH]c2ccccc23)cc1. The van der Waals surface area contributed by atoms with Crippen molar-refractivity contribution in [1.29, 1.82) is 0 Å². The zero-order chi connectivity index (χ0) is 51.2. The van der Waals surface area contributed by atoms with Gasteiger partial charge in [-0.1, -0.05) is 189 Å². The molecule has 378 valence electrons. The molecule has 0 aliphatic rings. The van der Waals surface area contributed by atoms with Crippen molar-refractivity contribution in [3.05, 3.63) is 189 Å². The third-order valence-electron chi connectivity index (χ3n) is 15.2. The van der Waals surface area contributed by atoms with Gasteiger partial charge in [0.1, 0.15) is 11.5 Å². The molecule has 9 aromatic rings. The highest BCUT2D eigenvalue weighted by molar-refractivity contribution is 6.09. The van der Waals surface area contributed by atoms with Crippen LogP contribution in [-0.2, 0) is 12.8 Å². The number of fused-ring (bicyclic) bond motifs is 6. The first kappa shape index (κ1) is 51.6. The molecule has 2 aromatic heterocycles. The Morgan fingerprint density at radius 1 is 0.378 bits per heavy atom. The van der Waals surface area contributed by atoms with E-state index >= 15 is 0 Å². The van der Waals surface area contributed by atoms with Crippen LogP contribution in [0.3, 0.4) is 0 Å². The first-order chi connectivity index (χ1) is 36.4. The van der Waals surface area contributed by atoms with E-state index in [1.807, 2.05) is 0 Å². The average Bonchev–Trinajstić information content (AvgIpc) is 4.00. The third-order valence-corrected chi connectivity index (χ3v) is 15.2. The van der Waals surface area contributed by atoms with Gasteiger partial charge in [-0.25, -0.2) is 0 Å². The minimum absolute atomic E-state index is 0.587. The lowest BCUT2D eigenvalue weighted by molar-refractivity contribution is 0.233. The van der Waals surface area contributed by atoms with E-state index in [4.69, 9.17) is 9.47 Å². The molecule has 4 heteroatoms. The summed E-state index contributed by atoms with van der Waals surface area (Å²) < 4.78 is 12.6. The molecule has 0 aliphatic heterocycles. The molecule has 2 N–H and O–H groups in total. The van der Waals surface area contributed by atoms with Gasteiger partial charge in [0.2, 0.25) is 0 Å². The van der Waals surface area contributed by atoms with Crippen molar-refractivity contribution in [1.82, 2.24) is 9.97 Å². The second kappa shape index (κ2) is 25.1. The lowest BCUT2D eigenvalue weighted by Crippen LogP contribution is -2.11. The fourth-order valence-electron chi connectivity index (χ4n) is 10.4. The van der Waals surface area contributed by atoms with Crippen molar-refractivity contribution < 1.29 is 9.47 Å². The number of nitrogens with one attached hydrogen (secondary N) is 2. The number of aromatic nitrogens is 2. The summed E-state index contributed by atoms with van der Waals surface area (Å²) in [7, 11) is 0. The van der Waals surface area contributed by atoms with Crippen LogP contribution in [0.5, 0.6) is 11.5 Å². The van der Waals surface area contributed by atoms with Gasteiger partial charge in [-0.3, -0.25) is 0 Å². The highest BCUT2D eigenvalue weighted by atomic mass is 16.5. The zero-order valence-corrected chi connectivity index (χ0v) is 44.8. The summed E-state index contributed by atoms with van der Waals surface area (Å²) in [5.74, 6) is 3.03. The van der Waals surface area contributed by atoms with Crippen LogP contribution in [0, 0.1) is 11.8 Å². The number of H-pyrrole nitrogens is 2. The molecule has 0 fully saturated rings. The van der Waals surface area contributed by atoms with Crippen molar-refractivity contribution >= 4 is 92.2 Å². The molecular formula is C70H76N2O2. The average molecular weight is 977 g/mol. The highest BCUT2D eigenvalue weighted by Crippen LogP contribution is 2.33. The Labute approximate surface area is 440 Å². The molecular weight excluding hydrogens is 901 g/mol. The molecule has 0 saturated heterocycles. The van der Waals surface area contributed by atoms with Gasteiger partial charge in [0.15, 0.2) is 0 Å². The maximum absolute atomic E-state index is 6.32. The van der Waals surface area contributed by atoms with Gasteiger partial charge < -0.3 is 19.4 Å². The van der Waals surface area contributed by atoms with Gasteiger partial charge in [-0.2, -0.15) is 0 Å². The van der Waals surface area contributed by atoms with E-state index in [0.717, 1.165) is 94.8 Å². The molecule has 0 bridgehead atoms. The van der Waals surface area contributed by atoms with Crippen LogP contribution < -0.4 is 9.47 Å². The summed E-state index contributed by atoms with van der Waals surface area (Å²) in [6.45, 7) is 15.1. The lowest BCUT2D eigenvalue weighted by Gasteiger charge is -2.15. The Morgan fingerprint density at radius 3 is 1.14 bits per heavy atom. The predicted molar refractivity (Wildman–Crippen MR) is 323 cm³/mol. The second-order valence-corrected chi connectivity index (χ2v) is 20.3. The Hall–Kier alpha value is -7.30. The first-order valence-electron chi connectivity index (χ1n) is 27.8. The second-order valence-electron chi connectivity index (χ2n) is 20.3. The molecule has 0 aliphatic carbocycles. The van der Waals surface area contributed by atoms with E-state index in [0.29, 0.717) is 11.8 Å². The van der Waals surface area contributed by atoms with Crippen LogP contribution >= 0.6 is 0 Å². The van der Waals surface area contributed by atoms with Crippen molar-refractivity contribution in [2.24, 2.45) is 11.8 Å². The van der Waals surface area contributed by atoms with E-state index in [-0.39, 0.29) is 0 Å². The van der Waals surface area contributed by atoms with E-state index < -0.39 is 0 Å². The third kappa shape index (κ3) is 12.5. The first-order valence-corrected chi connectivity index (χ1v) is 27.8. The van der Waals surface area contributed by atoms with Crippen LogP contribution in [0.15, 0.2) is 133 Å². The number of unbranched alkanes of at least 4 members (excludes halogenated alkanes) is 2. The molecule has 0 radical (unpaired) electrons. The Balaban J connectivity index is 1.12. The molecule has 2 atom stereocenters. The van der Waals surface area contributed by atoms with Crippen LogP contribution in [-0.4, -0.2) is 23.2 Å². The lowest BCUT2D eigenvalue weighted by atomic mass is 9.94. The fraction of sp³-hybridized carbons (Fsp3) is 0.286. The number of hydrogen-bond acceptors (Lipinski definition) is 2. The summed E-state index contributed by atoms with van der Waals surface area (Å²) in [5.41, 5.74) is 16.6. The van der Waals surface area contributed by atoms with Crippen molar-refractivity contribution in [2.45, 2.75) is 106 Å². The number of ether oxygens (including phenoxy) is 2. The molecule has 0 spiro atoms. The van der Waals surface area contributed by atoms with Crippen molar-refractivity contribution in [3.8, 4) is 11.5 Å².